The van der Waals surface area contributed by atoms with Gasteiger partial charge < -0.3 is 18.6 Å². The Hall–Kier alpha value is -7.08. The van der Waals surface area contributed by atoms with Crippen LogP contribution in [0.1, 0.15) is 30.4 Å². The van der Waals surface area contributed by atoms with Crippen LogP contribution in [0.3, 0.4) is 0 Å². The fourth-order valence-electron chi connectivity index (χ4n) is 9.18. The Kier molecular flexibility index (Phi) is 7.41. The molecule has 0 fully saturated rings. The smallest absolute Gasteiger partial charge is 0.135 e. The molecule has 0 spiro atoms. The normalized spacial score (nSPS) is 14.3. The minimum absolute atomic E-state index is 0.222. The molecule has 1 atom stereocenters. The van der Waals surface area contributed by atoms with E-state index in [2.05, 4.69) is 192 Å². The average molecular weight is 765 g/mol. The van der Waals surface area contributed by atoms with Gasteiger partial charge in [0.05, 0.1) is 11.0 Å². The molecule has 8 aromatic carbocycles. The quantitative estimate of drug-likeness (QED) is 0.175. The summed E-state index contributed by atoms with van der Waals surface area (Å²) in [6, 6.07) is 63.1. The van der Waals surface area contributed by atoms with Crippen molar-refractivity contribution in [1.82, 2.24) is 4.57 Å². The van der Waals surface area contributed by atoms with Gasteiger partial charge >= 0.3 is 0 Å². The maximum Gasteiger partial charge on any atom is 0.135 e. The molecule has 0 saturated heterocycles. The standard InChI is InChI=1S/C53H36N2O2S/c1-33-20-26-46(34-12-4-2-5-13-34)56-48-28-29-49-53(52(33)48)43-31-37(23-27-47(43)57-49)54(38-21-24-41-40-17-9-11-19-50(40)58-51(41)32-38)36-22-25-45-42(30-36)39-16-8-10-18-44(39)55(45)35-14-6-3-7-15-35/h2-19,21-33H,20H2,1H3. The highest BCUT2D eigenvalue weighted by atomic mass is 32.1. The summed E-state index contributed by atoms with van der Waals surface area (Å²) < 4.78 is 18.3. The number of allylic oxidation sites excluding steroid dienone is 1. The Bertz CT molecular complexity index is 3430. The van der Waals surface area contributed by atoms with Crippen LogP contribution >= 0.6 is 11.3 Å². The lowest BCUT2D eigenvalue weighted by Gasteiger charge is -2.26. The third-order valence-electron chi connectivity index (χ3n) is 11.9. The molecular formula is C53H36N2O2S. The molecule has 3 aromatic heterocycles. The minimum atomic E-state index is 0.222. The molecule has 1 aliphatic heterocycles. The largest absolute Gasteiger partial charge is 0.457 e. The highest BCUT2D eigenvalue weighted by Gasteiger charge is 2.25. The summed E-state index contributed by atoms with van der Waals surface area (Å²) in [6.45, 7) is 2.29. The lowest BCUT2D eigenvalue weighted by Crippen LogP contribution is -2.09. The van der Waals surface area contributed by atoms with Crippen LogP contribution in [0.2, 0.25) is 0 Å². The molecule has 1 aliphatic rings. The van der Waals surface area contributed by atoms with Crippen LogP contribution in [0.25, 0.3) is 75.4 Å². The molecule has 5 heteroatoms. The number of aromatic nitrogens is 1. The second-order valence-electron chi connectivity index (χ2n) is 15.3. The molecule has 0 saturated carbocycles. The second-order valence-corrected chi connectivity index (χ2v) is 16.4. The van der Waals surface area contributed by atoms with Gasteiger partial charge in [0, 0.05) is 75.6 Å². The zero-order valence-electron chi connectivity index (χ0n) is 31.7. The van der Waals surface area contributed by atoms with Gasteiger partial charge in [-0.15, -0.1) is 11.3 Å². The van der Waals surface area contributed by atoms with E-state index in [1.165, 1.54) is 47.5 Å². The molecule has 0 radical (unpaired) electrons. The Morgan fingerprint density at radius 3 is 2.07 bits per heavy atom. The minimum Gasteiger partial charge on any atom is -0.457 e. The van der Waals surface area contributed by atoms with Gasteiger partial charge in [0.15, 0.2) is 0 Å². The first-order valence-corrected chi connectivity index (χ1v) is 20.7. The molecule has 4 nitrogen and oxygen atoms in total. The Labute approximate surface area is 339 Å². The SMILES string of the molecule is CC1CC=C(c2ccccc2)Oc2ccc3oc4ccc(N(c5ccc6c(c5)sc5ccccc56)c5ccc6c(c5)c5ccccc5n6-c5ccccc5)cc4c3c21. The summed E-state index contributed by atoms with van der Waals surface area (Å²) in [6.07, 6.45) is 3.09. The third kappa shape index (κ3) is 5.13. The highest BCUT2D eigenvalue weighted by Crippen LogP contribution is 2.47. The van der Waals surface area contributed by atoms with Crippen LogP contribution in [-0.4, -0.2) is 4.57 Å². The van der Waals surface area contributed by atoms with E-state index in [1.807, 2.05) is 17.4 Å². The van der Waals surface area contributed by atoms with E-state index in [4.69, 9.17) is 9.15 Å². The predicted octanol–water partition coefficient (Wildman–Crippen LogP) is 15.4. The molecular weight excluding hydrogens is 729 g/mol. The summed E-state index contributed by atoms with van der Waals surface area (Å²) in [5, 5.41) is 7.20. The summed E-state index contributed by atoms with van der Waals surface area (Å²) in [5.74, 6) is 2.00. The van der Waals surface area contributed by atoms with Gasteiger partial charge in [-0.1, -0.05) is 97.9 Å². The number of hydrogen-bond donors (Lipinski definition) is 0. The van der Waals surface area contributed by atoms with Crippen LogP contribution in [0, 0.1) is 0 Å². The van der Waals surface area contributed by atoms with Gasteiger partial charge in [0.25, 0.3) is 0 Å². The van der Waals surface area contributed by atoms with Crippen molar-refractivity contribution in [1.29, 1.82) is 0 Å². The predicted molar refractivity (Wildman–Crippen MR) is 244 cm³/mol. The van der Waals surface area contributed by atoms with Gasteiger partial charge in [-0.05, 0) is 103 Å². The first-order chi connectivity index (χ1) is 28.7. The monoisotopic (exact) mass is 764 g/mol. The number of ether oxygens (including phenoxy) is 1. The van der Waals surface area contributed by atoms with Crippen LogP contribution in [0.4, 0.5) is 17.1 Å². The number of rotatable bonds is 5. The Morgan fingerprint density at radius 1 is 0.552 bits per heavy atom. The van der Waals surface area contributed by atoms with Crippen molar-refractivity contribution >= 4 is 98.1 Å². The van der Waals surface area contributed by atoms with Gasteiger partial charge in [0.2, 0.25) is 0 Å². The lowest BCUT2D eigenvalue weighted by atomic mass is 9.92. The van der Waals surface area contributed by atoms with Crippen LogP contribution < -0.4 is 9.64 Å². The van der Waals surface area contributed by atoms with E-state index in [0.29, 0.717) is 0 Å². The Morgan fingerprint density at radius 2 is 1.21 bits per heavy atom. The first-order valence-electron chi connectivity index (χ1n) is 19.9. The number of furan rings is 1. The molecule has 276 valence electrons. The van der Waals surface area contributed by atoms with E-state index >= 15 is 0 Å². The number of fused-ring (bicyclic) bond motifs is 11. The van der Waals surface area contributed by atoms with Crippen LogP contribution in [-0.2, 0) is 0 Å². The topological polar surface area (TPSA) is 30.5 Å². The van der Waals surface area contributed by atoms with Crippen molar-refractivity contribution in [3.05, 3.63) is 193 Å². The molecule has 1 unspecified atom stereocenters. The molecule has 0 N–H and O–H groups in total. The molecule has 0 amide bonds. The molecule has 11 aromatic rings. The fraction of sp³-hybridized carbons (Fsp3) is 0.0566. The van der Waals surface area contributed by atoms with Gasteiger partial charge in [0.1, 0.15) is 22.7 Å². The summed E-state index contributed by atoms with van der Waals surface area (Å²) in [7, 11) is 0. The molecule has 4 heterocycles. The van der Waals surface area contributed by atoms with Crippen molar-refractivity contribution < 1.29 is 9.15 Å². The van der Waals surface area contributed by atoms with Gasteiger partial charge in [-0.2, -0.15) is 0 Å². The van der Waals surface area contributed by atoms with Crippen LogP contribution in [0.15, 0.2) is 186 Å². The summed E-state index contributed by atoms with van der Waals surface area (Å²) >= 11 is 1.85. The number of para-hydroxylation sites is 2. The Balaban J connectivity index is 1.08. The summed E-state index contributed by atoms with van der Waals surface area (Å²) in [4.78, 5) is 2.41. The maximum atomic E-state index is 6.74. The third-order valence-corrected chi connectivity index (χ3v) is 13.0. The van der Waals surface area contributed by atoms with E-state index in [1.54, 1.807) is 0 Å². The molecule has 0 aliphatic carbocycles. The van der Waals surface area contributed by atoms with E-state index in [9.17, 15) is 0 Å². The number of hydrogen-bond acceptors (Lipinski definition) is 4. The zero-order chi connectivity index (χ0) is 38.3. The fourth-order valence-corrected chi connectivity index (χ4v) is 10.3. The van der Waals surface area contributed by atoms with Crippen molar-refractivity contribution in [2.75, 3.05) is 4.90 Å². The van der Waals surface area contributed by atoms with E-state index in [-0.39, 0.29) is 5.92 Å². The van der Waals surface area contributed by atoms with Crippen LogP contribution in [0.5, 0.6) is 5.75 Å². The molecule has 12 rings (SSSR count). The molecule has 0 bridgehead atoms. The lowest BCUT2D eigenvalue weighted by molar-refractivity contribution is 0.511. The number of thiophene rings is 1. The molecule has 58 heavy (non-hydrogen) atoms. The van der Waals surface area contributed by atoms with Crippen molar-refractivity contribution in [2.24, 2.45) is 0 Å². The second kappa shape index (κ2) is 13.0. The highest BCUT2D eigenvalue weighted by molar-refractivity contribution is 7.25. The maximum absolute atomic E-state index is 6.74. The van der Waals surface area contributed by atoms with Crippen molar-refractivity contribution in [2.45, 2.75) is 19.3 Å². The first kappa shape index (κ1) is 33.1. The average Bonchev–Trinajstić information content (AvgIpc) is 3.90. The zero-order valence-corrected chi connectivity index (χ0v) is 32.5. The summed E-state index contributed by atoms with van der Waals surface area (Å²) in [5.41, 5.74) is 10.8. The van der Waals surface area contributed by atoms with Crippen molar-refractivity contribution in [3.63, 3.8) is 0 Å². The number of nitrogens with zero attached hydrogens (tertiary/aromatic N) is 2. The van der Waals surface area contributed by atoms with Gasteiger partial charge in [-0.3, -0.25) is 0 Å². The number of benzene rings is 8. The van der Waals surface area contributed by atoms with Gasteiger partial charge in [-0.25, -0.2) is 0 Å². The van der Waals surface area contributed by atoms with Crippen molar-refractivity contribution in [3.8, 4) is 11.4 Å². The van der Waals surface area contributed by atoms with E-state index in [0.717, 1.165) is 68.2 Å². The number of anilines is 3. The van der Waals surface area contributed by atoms with E-state index < -0.39 is 0 Å².